The first kappa shape index (κ1) is 18.4. The van der Waals surface area contributed by atoms with E-state index in [0.29, 0.717) is 20.9 Å². The number of aromatic nitrogens is 2. The standard InChI is InChI=1S/C21H16ClN3O2S/c1-13-18-20(28-19(13)14-6-3-2-4-7-14)23-12-25(21(18)27)11-17(26)24-16-9-5-8-15(22)10-16/h2-10,12H,11H2,1H3,(H,24,26). The van der Waals surface area contributed by atoms with Gasteiger partial charge in [-0.05, 0) is 36.2 Å². The van der Waals surface area contributed by atoms with Gasteiger partial charge in [0.2, 0.25) is 5.91 Å². The predicted molar refractivity (Wildman–Crippen MR) is 114 cm³/mol. The van der Waals surface area contributed by atoms with E-state index in [2.05, 4.69) is 10.3 Å². The number of hydrogen-bond donors (Lipinski definition) is 1. The van der Waals surface area contributed by atoms with Crippen molar-refractivity contribution in [1.29, 1.82) is 0 Å². The van der Waals surface area contributed by atoms with Crippen LogP contribution >= 0.6 is 22.9 Å². The van der Waals surface area contributed by atoms with Gasteiger partial charge < -0.3 is 5.32 Å². The van der Waals surface area contributed by atoms with Crippen molar-refractivity contribution < 1.29 is 4.79 Å². The number of rotatable bonds is 4. The summed E-state index contributed by atoms with van der Waals surface area (Å²) in [4.78, 5) is 31.4. The van der Waals surface area contributed by atoms with Gasteiger partial charge in [-0.3, -0.25) is 14.2 Å². The number of carbonyl (C=O) groups is 1. The van der Waals surface area contributed by atoms with E-state index < -0.39 is 0 Å². The molecular formula is C21H16ClN3O2S. The molecule has 0 saturated heterocycles. The van der Waals surface area contributed by atoms with Gasteiger partial charge in [-0.2, -0.15) is 0 Å². The van der Waals surface area contributed by atoms with Crippen LogP contribution in [0.5, 0.6) is 0 Å². The number of aryl methyl sites for hydroxylation is 1. The Labute approximate surface area is 170 Å². The lowest BCUT2D eigenvalue weighted by Crippen LogP contribution is -2.27. The molecule has 5 nitrogen and oxygen atoms in total. The van der Waals surface area contributed by atoms with Gasteiger partial charge in [0.05, 0.1) is 11.7 Å². The summed E-state index contributed by atoms with van der Waals surface area (Å²) in [7, 11) is 0. The molecule has 2 heterocycles. The Hall–Kier alpha value is -2.96. The number of fused-ring (bicyclic) bond motifs is 1. The second-order valence-electron chi connectivity index (χ2n) is 6.34. The second kappa shape index (κ2) is 7.58. The quantitative estimate of drug-likeness (QED) is 0.530. The fourth-order valence-corrected chi connectivity index (χ4v) is 4.39. The summed E-state index contributed by atoms with van der Waals surface area (Å²) in [5.74, 6) is -0.318. The van der Waals surface area contributed by atoms with E-state index in [9.17, 15) is 9.59 Å². The van der Waals surface area contributed by atoms with E-state index in [1.807, 2.05) is 37.3 Å². The first-order chi connectivity index (χ1) is 13.5. The number of nitrogens with one attached hydrogen (secondary N) is 1. The molecule has 0 atom stereocenters. The van der Waals surface area contributed by atoms with Crippen molar-refractivity contribution in [1.82, 2.24) is 9.55 Å². The van der Waals surface area contributed by atoms with Crippen LogP contribution in [0.3, 0.4) is 0 Å². The third-order valence-corrected chi connectivity index (χ3v) is 5.86. The highest BCUT2D eigenvalue weighted by atomic mass is 35.5. The normalized spacial score (nSPS) is 10.9. The Morgan fingerprint density at radius 3 is 2.71 bits per heavy atom. The van der Waals surface area contributed by atoms with Crippen LogP contribution in [0.1, 0.15) is 5.56 Å². The average molecular weight is 410 g/mol. The first-order valence-corrected chi connectivity index (χ1v) is 9.82. The van der Waals surface area contributed by atoms with E-state index in [4.69, 9.17) is 11.6 Å². The minimum atomic E-state index is -0.318. The molecule has 0 aliphatic rings. The number of hydrogen-bond acceptors (Lipinski definition) is 4. The maximum absolute atomic E-state index is 13.0. The average Bonchev–Trinajstić information content (AvgIpc) is 3.02. The van der Waals surface area contributed by atoms with Crippen molar-refractivity contribution in [2.45, 2.75) is 13.5 Å². The zero-order valence-electron chi connectivity index (χ0n) is 15.0. The van der Waals surface area contributed by atoms with E-state index in [1.165, 1.54) is 22.2 Å². The van der Waals surface area contributed by atoms with Gasteiger partial charge in [0.15, 0.2) is 0 Å². The zero-order valence-corrected chi connectivity index (χ0v) is 16.6. The van der Waals surface area contributed by atoms with Crippen LogP contribution in [0.15, 0.2) is 65.7 Å². The van der Waals surface area contributed by atoms with E-state index in [0.717, 1.165) is 16.0 Å². The van der Waals surface area contributed by atoms with E-state index in [1.54, 1.807) is 24.3 Å². The highest BCUT2D eigenvalue weighted by molar-refractivity contribution is 7.22. The van der Waals surface area contributed by atoms with Crippen molar-refractivity contribution in [2.75, 3.05) is 5.32 Å². The molecule has 2 aromatic carbocycles. The lowest BCUT2D eigenvalue weighted by atomic mass is 10.1. The van der Waals surface area contributed by atoms with Crippen molar-refractivity contribution in [3.05, 3.63) is 81.9 Å². The lowest BCUT2D eigenvalue weighted by molar-refractivity contribution is -0.116. The fourth-order valence-electron chi connectivity index (χ4n) is 3.06. The van der Waals surface area contributed by atoms with Crippen LogP contribution in [-0.4, -0.2) is 15.5 Å². The minimum absolute atomic E-state index is 0.121. The van der Waals surface area contributed by atoms with Crippen molar-refractivity contribution in [2.24, 2.45) is 0 Å². The minimum Gasteiger partial charge on any atom is -0.324 e. The molecule has 7 heteroatoms. The smallest absolute Gasteiger partial charge is 0.262 e. The van der Waals surface area contributed by atoms with Gasteiger partial charge in [0.25, 0.3) is 5.56 Å². The molecule has 0 aliphatic carbocycles. The molecule has 0 spiro atoms. The van der Waals surface area contributed by atoms with Crippen molar-refractivity contribution in [3.8, 4) is 10.4 Å². The van der Waals surface area contributed by atoms with Gasteiger partial charge in [-0.25, -0.2) is 4.98 Å². The zero-order chi connectivity index (χ0) is 19.7. The molecule has 4 aromatic rings. The first-order valence-electron chi connectivity index (χ1n) is 8.62. The van der Waals surface area contributed by atoms with E-state index >= 15 is 0 Å². The van der Waals surface area contributed by atoms with Crippen LogP contribution in [0.25, 0.3) is 20.7 Å². The second-order valence-corrected chi connectivity index (χ2v) is 7.77. The molecule has 0 fully saturated rings. The van der Waals surface area contributed by atoms with Gasteiger partial charge in [0, 0.05) is 15.6 Å². The summed E-state index contributed by atoms with van der Waals surface area (Å²) in [5.41, 5.74) is 2.29. The fraction of sp³-hybridized carbons (Fsp3) is 0.0952. The molecule has 4 rings (SSSR count). The Bertz CT molecular complexity index is 1230. The van der Waals surface area contributed by atoms with Crippen LogP contribution < -0.4 is 10.9 Å². The number of benzene rings is 2. The number of carbonyl (C=O) groups excluding carboxylic acids is 1. The Balaban J connectivity index is 1.65. The van der Waals surface area contributed by atoms with E-state index in [-0.39, 0.29) is 18.0 Å². The molecule has 0 radical (unpaired) electrons. The Morgan fingerprint density at radius 2 is 1.96 bits per heavy atom. The van der Waals surface area contributed by atoms with Crippen molar-refractivity contribution in [3.63, 3.8) is 0 Å². The topological polar surface area (TPSA) is 64.0 Å². The van der Waals surface area contributed by atoms with Gasteiger partial charge in [-0.15, -0.1) is 11.3 Å². The number of amides is 1. The summed E-state index contributed by atoms with van der Waals surface area (Å²) in [5, 5.41) is 3.83. The summed E-state index contributed by atoms with van der Waals surface area (Å²) in [6.07, 6.45) is 1.42. The molecule has 0 unspecified atom stereocenters. The molecule has 0 saturated carbocycles. The molecule has 0 bridgehead atoms. The number of anilines is 1. The predicted octanol–water partition coefficient (Wildman–Crippen LogP) is 4.73. The number of thiophene rings is 1. The summed E-state index contributed by atoms with van der Waals surface area (Å²) >= 11 is 7.42. The largest absolute Gasteiger partial charge is 0.324 e. The van der Waals surface area contributed by atoms with Crippen LogP contribution in [-0.2, 0) is 11.3 Å². The lowest BCUT2D eigenvalue weighted by Gasteiger charge is -2.07. The number of nitrogens with zero attached hydrogens (tertiary/aromatic N) is 2. The molecule has 0 aliphatic heterocycles. The summed E-state index contributed by atoms with van der Waals surface area (Å²) in [6, 6.07) is 16.8. The summed E-state index contributed by atoms with van der Waals surface area (Å²) in [6.45, 7) is 1.80. The maximum atomic E-state index is 13.0. The maximum Gasteiger partial charge on any atom is 0.262 e. The van der Waals surface area contributed by atoms with Crippen LogP contribution in [0.4, 0.5) is 5.69 Å². The van der Waals surface area contributed by atoms with Crippen molar-refractivity contribution >= 4 is 44.7 Å². The summed E-state index contributed by atoms with van der Waals surface area (Å²) < 4.78 is 1.33. The Morgan fingerprint density at radius 1 is 1.18 bits per heavy atom. The van der Waals surface area contributed by atoms with Gasteiger partial charge in [0.1, 0.15) is 11.4 Å². The SMILES string of the molecule is Cc1c(-c2ccccc2)sc2ncn(CC(=O)Nc3cccc(Cl)c3)c(=O)c12. The van der Waals surface area contributed by atoms with Gasteiger partial charge in [-0.1, -0.05) is 48.0 Å². The van der Waals surface area contributed by atoms with Gasteiger partial charge >= 0.3 is 0 Å². The molecule has 1 N–H and O–H groups in total. The number of halogens is 1. The third-order valence-electron chi connectivity index (χ3n) is 4.38. The molecular weight excluding hydrogens is 394 g/mol. The highest BCUT2D eigenvalue weighted by Crippen LogP contribution is 2.35. The molecule has 140 valence electrons. The molecule has 28 heavy (non-hydrogen) atoms. The Kier molecular flexibility index (Phi) is 4.98. The monoisotopic (exact) mass is 409 g/mol. The van der Waals surface area contributed by atoms with Crippen LogP contribution in [0.2, 0.25) is 5.02 Å². The third kappa shape index (κ3) is 3.56. The van der Waals surface area contributed by atoms with Crippen LogP contribution in [0, 0.1) is 6.92 Å². The highest BCUT2D eigenvalue weighted by Gasteiger charge is 2.16. The molecule has 2 aromatic heterocycles. The molecule has 1 amide bonds.